The molecule has 74 valence electrons. The number of rotatable bonds is 2. The predicted molar refractivity (Wildman–Crippen MR) is 51.5 cm³/mol. The van der Waals surface area contributed by atoms with Crippen molar-refractivity contribution in [3.8, 4) is 0 Å². The Bertz CT molecular complexity index is 448. The first kappa shape index (κ1) is 9.12. The van der Waals surface area contributed by atoms with Crippen molar-refractivity contribution in [2.75, 3.05) is 0 Å². The molecule has 0 aromatic carbocycles. The van der Waals surface area contributed by atoms with Crippen LogP contribution in [0.25, 0.3) is 5.65 Å². The molecule has 2 heterocycles. The maximum atomic E-state index is 12.7. The Morgan fingerprint density at radius 1 is 1.43 bits per heavy atom. The van der Waals surface area contributed by atoms with E-state index in [-0.39, 0.29) is 0 Å². The van der Waals surface area contributed by atoms with Gasteiger partial charge in [0, 0.05) is 0 Å². The maximum Gasteiger partial charge on any atom is 0.233 e. The van der Waals surface area contributed by atoms with Crippen molar-refractivity contribution in [1.29, 1.82) is 0 Å². The number of aromatic nitrogens is 3. The van der Waals surface area contributed by atoms with Gasteiger partial charge < -0.3 is 0 Å². The van der Waals surface area contributed by atoms with Crippen LogP contribution in [0.5, 0.6) is 0 Å². The Kier molecular flexibility index (Phi) is 2.19. The van der Waals surface area contributed by atoms with Crippen LogP contribution in [-0.4, -0.2) is 14.6 Å². The van der Waals surface area contributed by atoms with E-state index in [9.17, 15) is 4.39 Å². The van der Waals surface area contributed by atoms with Crippen LogP contribution >= 0.6 is 0 Å². The SMILES string of the molecule is CC(C)Cc1ccc2nc(F)cn2n1. The Labute approximate surface area is 81.6 Å². The summed E-state index contributed by atoms with van der Waals surface area (Å²) in [5.74, 6) is 0.0625. The summed E-state index contributed by atoms with van der Waals surface area (Å²) in [4.78, 5) is 3.67. The minimum Gasteiger partial charge on any atom is -0.218 e. The second kappa shape index (κ2) is 3.36. The minimum absolute atomic E-state index is 0.487. The predicted octanol–water partition coefficient (Wildman–Crippen LogP) is 2.07. The van der Waals surface area contributed by atoms with E-state index in [4.69, 9.17) is 0 Å². The maximum absolute atomic E-state index is 12.7. The lowest BCUT2D eigenvalue weighted by Gasteiger charge is -2.03. The highest BCUT2D eigenvalue weighted by Crippen LogP contribution is 2.07. The molecule has 0 amide bonds. The van der Waals surface area contributed by atoms with Gasteiger partial charge in [0.05, 0.1) is 11.9 Å². The van der Waals surface area contributed by atoms with Crippen LogP contribution in [0.2, 0.25) is 0 Å². The molecular formula is C10H12FN3. The molecule has 0 atom stereocenters. The molecule has 0 saturated heterocycles. The van der Waals surface area contributed by atoms with Gasteiger partial charge in [-0.2, -0.15) is 14.5 Å². The molecular weight excluding hydrogens is 181 g/mol. The van der Waals surface area contributed by atoms with Gasteiger partial charge in [-0.05, 0) is 24.5 Å². The zero-order valence-electron chi connectivity index (χ0n) is 8.24. The monoisotopic (exact) mass is 193 g/mol. The molecule has 0 aliphatic rings. The van der Waals surface area contributed by atoms with Gasteiger partial charge in [-0.15, -0.1) is 0 Å². The lowest BCUT2D eigenvalue weighted by atomic mass is 10.1. The van der Waals surface area contributed by atoms with Crippen molar-refractivity contribution in [3.63, 3.8) is 0 Å². The van der Waals surface area contributed by atoms with Crippen molar-refractivity contribution in [2.24, 2.45) is 5.92 Å². The zero-order chi connectivity index (χ0) is 10.1. The van der Waals surface area contributed by atoms with Gasteiger partial charge in [0.25, 0.3) is 0 Å². The summed E-state index contributed by atoms with van der Waals surface area (Å²) in [5.41, 5.74) is 1.51. The van der Waals surface area contributed by atoms with Crippen molar-refractivity contribution in [1.82, 2.24) is 14.6 Å². The largest absolute Gasteiger partial charge is 0.233 e. The first-order chi connectivity index (χ1) is 6.65. The smallest absolute Gasteiger partial charge is 0.218 e. The van der Waals surface area contributed by atoms with Crippen LogP contribution in [0, 0.1) is 11.9 Å². The molecule has 0 saturated carbocycles. The number of imidazole rings is 1. The van der Waals surface area contributed by atoms with Gasteiger partial charge in [-0.3, -0.25) is 0 Å². The van der Waals surface area contributed by atoms with Gasteiger partial charge in [-0.1, -0.05) is 13.8 Å². The van der Waals surface area contributed by atoms with Crippen molar-refractivity contribution in [2.45, 2.75) is 20.3 Å². The van der Waals surface area contributed by atoms with Crippen LogP contribution < -0.4 is 0 Å². The third-order valence-electron chi connectivity index (χ3n) is 1.96. The molecule has 0 radical (unpaired) electrons. The highest BCUT2D eigenvalue weighted by molar-refractivity contribution is 5.36. The molecule has 2 rings (SSSR count). The molecule has 2 aromatic heterocycles. The highest BCUT2D eigenvalue weighted by Gasteiger charge is 2.03. The lowest BCUT2D eigenvalue weighted by molar-refractivity contribution is 0.589. The van der Waals surface area contributed by atoms with Crippen LogP contribution in [0.15, 0.2) is 18.3 Å². The van der Waals surface area contributed by atoms with Crippen LogP contribution in [0.4, 0.5) is 4.39 Å². The fourth-order valence-electron chi connectivity index (χ4n) is 1.42. The summed E-state index contributed by atoms with van der Waals surface area (Å²) in [5, 5.41) is 4.25. The Morgan fingerprint density at radius 2 is 2.21 bits per heavy atom. The van der Waals surface area contributed by atoms with Crippen molar-refractivity contribution < 1.29 is 4.39 Å². The average molecular weight is 193 g/mol. The molecule has 2 aromatic rings. The summed E-state index contributed by atoms with van der Waals surface area (Å²) in [7, 11) is 0. The fraction of sp³-hybridized carbons (Fsp3) is 0.400. The molecule has 0 N–H and O–H groups in total. The summed E-state index contributed by atoms with van der Waals surface area (Å²) < 4.78 is 14.2. The first-order valence-corrected chi connectivity index (χ1v) is 4.66. The standard InChI is InChI=1S/C10H12FN3/c1-7(2)5-8-3-4-10-12-9(11)6-14(10)13-8/h3-4,6-7H,5H2,1-2H3. The normalized spacial score (nSPS) is 11.4. The van der Waals surface area contributed by atoms with Crippen LogP contribution in [0.1, 0.15) is 19.5 Å². The molecule has 0 bridgehead atoms. The topological polar surface area (TPSA) is 30.2 Å². The van der Waals surface area contributed by atoms with E-state index in [1.54, 1.807) is 6.07 Å². The molecule has 0 fully saturated rings. The van der Waals surface area contributed by atoms with E-state index < -0.39 is 5.95 Å². The summed E-state index contributed by atoms with van der Waals surface area (Å²) >= 11 is 0. The third-order valence-corrected chi connectivity index (χ3v) is 1.96. The van der Waals surface area contributed by atoms with Crippen molar-refractivity contribution >= 4 is 5.65 Å². The van der Waals surface area contributed by atoms with E-state index >= 15 is 0 Å². The number of hydrogen-bond donors (Lipinski definition) is 0. The van der Waals surface area contributed by atoms with Crippen molar-refractivity contribution in [3.05, 3.63) is 30.0 Å². The van der Waals surface area contributed by atoms with Crippen LogP contribution in [0.3, 0.4) is 0 Å². The van der Waals surface area contributed by atoms with E-state index in [2.05, 4.69) is 23.9 Å². The number of halogens is 1. The summed E-state index contributed by atoms with van der Waals surface area (Å²) in [6.45, 7) is 4.25. The van der Waals surface area contributed by atoms with E-state index in [1.807, 2.05) is 6.07 Å². The molecule has 4 heteroatoms. The second-order valence-corrected chi connectivity index (χ2v) is 3.79. The van der Waals surface area contributed by atoms with E-state index in [1.165, 1.54) is 10.7 Å². The first-order valence-electron chi connectivity index (χ1n) is 4.66. The zero-order valence-corrected chi connectivity index (χ0v) is 8.24. The Balaban J connectivity index is 2.40. The van der Waals surface area contributed by atoms with Gasteiger partial charge in [0.1, 0.15) is 0 Å². The third kappa shape index (κ3) is 1.73. The molecule has 0 spiro atoms. The summed E-state index contributed by atoms with van der Waals surface area (Å²) in [6, 6.07) is 3.68. The highest BCUT2D eigenvalue weighted by atomic mass is 19.1. The van der Waals surface area contributed by atoms with E-state index in [0.29, 0.717) is 11.6 Å². The second-order valence-electron chi connectivity index (χ2n) is 3.79. The minimum atomic E-state index is -0.487. The number of hydrogen-bond acceptors (Lipinski definition) is 2. The van der Waals surface area contributed by atoms with Gasteiger partial charge in [-0.25, -0.2) is 4.52 Å². The Hall–Kier alpha value is -1.45. The molecule has 0 aliphatic carbocycles. The summed E-state index contributed by atoms with van der Waals surface area (Å²) in [6.07, 6.45) is 2.19. The number of nitrogens with zero attached hydrogens (tertiary/aromatic N) is 3. The van der Waals surface area contributed by atoms with Gasteiger partial charge in [0.15, 0.2) is 5.65 Å². The van der Waals surface area contributed by atoms with Crippen LogP contribution in [-0.2, 0) is 6.42 Å². The molecule has 0 aliphatic heterocycles. The molecule has 3 nitrogen and oxygen atoms in total. The quantitative estimate of drug-likeness (QED) is 0.730. The van der Waals surface area contributed by atoms with E-state index in [0.717, 1.165) is 12.1 Å². The lowest BCUT2D eigenvalue weighted by Crippen LogP contribution is -2.01. The van der Waals surface area contributed by atoms with Gasteiger partial charge in [0.2, 0.25) is 5.95 Å². The Morgan fingerprint density at radius 3 is 2.93 bits per heavy atom. The molecule has 0 unspecified atom stereocenters. The average Bonchev–Trinajstić information content (AvgIpc) is 2.42. The molecule has 14 heavy (non-hydrogen) atoms. The number of fused-ring (bicyclic) bond motifs is 1. The fourth-order valence-corrected chi connectivity index (χ4v) is 1.42. The van der Waals surface area contributed by atoms with Gasteiger partial charge >= 0.3 is 0 Å².